The third kappa shape index (κ3) is 3.52. The van der Waals surface area contributed by atoms with Gasteiger partial charge in [0, 0.05) is 13.7 Å². The highest BCUT2D eigenvalue weighted by atomic mass is 16.5. The Kier molecular flexibility index (Phi) is 4.81. The van der Waals surface area contributed by atoms with Crippen LogP contribution in [0.3, 0.4) is 0 Å². The number of aryl methyl sites for hydroxylation is 3. The van der Waals surface area contributed by atoms with Crippen LogP contribution in [0.15, 0.2) is 34.7 Å². The second-order valence-electron chi connectivity index (χ2n) is 5.12. The minimum Gasteiger partial charge on any atom is -0.466 e. The number of furan rings is 1. The van der Waals surface area contributed by atoms with Gasteiger partial charge < -0.3 is 14.5 Å². The molecule has 0 aliphatic heterocycles. The lowest BCUT2D eigenvalue weighted by atomic mass is 10.0. The predicted octanol–water partition coefficient (Wildman–Crippen LogP) is 3.32. The first-order valence-electron chi connectivity index (χ1n) is 6.96. The fraction of sp³-hybridized carbons (Fsp3) is 0.353. The molecule has 112 valence electrons. The molecule has 1 aromatic carbocycles. The van der Waals surface area contributed by atoms with Gasteiger partial charge in [0.1, 0.15) is 11.5 Å². The van der Waals surface area contributed by atoms with Gasteiger partial charge in [0.2, 0.25) is 0 Å². The number of rotatable bonds is 5. The van der Waals surface area contributed by atoms with Gasteiger partial charge in [-0.1, -0.05) is 24.3 Å². The minimum atomic E-state index is -0.163. The molecule has 2 rings (SSSR count). The molecule has 0 aliphatic carbocycles. The highest BCUT2D eigenvalue weighted by Crippen LogP contribution is 2.20. The van der Waals surface area contributed by atoms with Gasteiger partial charge >= 0.3 is 0 Å². The quantitative estimate of drug-likeness (QED) is 0.917. The molecule has 0 fully saturated rings. The van der Waals surface area contributed by atoms with Crippen LogP contribution < -0.4 is 5.32 Å². The summed E-state index contributed by atoms with van der Waals surface area (Å²) in [4.78, 5) is 12.2. The number of benzene rings is 1. The Morgan fingerprint density at radius 3 is 2.57 bits per heavy atom. The van der Waals surface area contributed by atoms with E-state index in [2.05, 4.69) is 5.32 Å². The van der Waals surface area contributed by atoms with Gasteiger partial charge in [-0.3, -0.25) is 4.79 Å². The van der Waals surface area contributed by atoms with Crippen molar-refractivity contribution in [3.63, 3.8) is 0 Å². The second kappa shape index (κ2) is 6.59. The van der Waals surface area contributed by atoms with Crippen LogP contribution in [0.4, 0.5) is 0 Å². The number of hydrogen-bond acceptors (Lipinski definition) is 3. The van der Waals surface area contributed by atoms with E-state index in [1.54, 1.807) is 20.1 Å². The Labute approximate surface area is 125 Å². The van der Waals surface area contributed by atoms with Gasteiger partial charge in [-0.05, 0) is 38.0 Å². The first-order chi connectivity index (χ1) is 10.0. The lowest BCUT2D eigenvalue weighted by molar-refractivity contribution is 0.0825. The van der Waals surface area contributed by atoms with Gasteiger partial charge in [-0.2, -0.15) is 0 Å². The van der Waals surface area contributed by atoms with Crippen LogP contribution in [0, 0.1) is 20.8 Å². The highest BCUT2D eigenvalue weighted by molar-refractivity contribution is 5.95. The summed E-state index contributed by atoms with van der Waals surface area (Å²) in [7, 11) is 1.65. The standard InChI is InChI=1S/C17H21NO3/c1-11-7-5-6-8-14(11)16(20-4)10-18-17(19)15-9-12(2)21-13(15)3/h5-9,16H,10H2,1-4H3,(H,18,19). The average Bonchev–Trinajstić information content (AvgIpc) is 2.80. The van der Waals surface area contributed by atoms with Crippen molar-refractivity contribution in [2.24, 2.45) is 0 Å². The molecule has 0 radical (unpaired) electrons. The smallest absolute Gasteiger partial charge is 0.254 e. The fourth-order valence-electron chi connectivity index (χ4n) is 2.41. The molecule has 1 aromatic heterocycles. The monoisotopic (exact) mass is 287 g/mol. The van der Waals surface area contributed by atoms with Crippen LogP contribution in [0.2, 0.25) is 0 Å². The molecule has 0 spiro atoms. The Morgan fingerprint density at radius 2 is 2.00 bits per heavy atom. The molecule has 1 N–H and O–H groups in total. The normalized spacial score (nSPS) is 12.2. The van der Waals surface area contributed by atoms with Crippen molar-refractivity contribution < 1.29 is 13.9 Å². The third-order valence-electron chi connectivity index (χ3n) is 3.55. The summed E-state index contributed by atoms with van der Waals surface area (Å²) < 4.78 is 10.9. The maximum absolute atomic E-state index is 12.2. The van der Waals surface area contributed by atoms with E-state index in [1.807, 2.05) is 38.1 Å². The summed E-state index contributed by atoms with van der Waals surface area (Å²) in [6.07, 6.45) is -0.163. The van der Waals surface area contributed by atoms with Gasteiger partial charge in [-0.15, -0.1) is 0 Å². The zero-order chi connectivity index (χ0) is 15.4. The number of hydrogen-bond donors (Lipinski definition) is 1. The van der Waals surface area contributed by atoms with Crippen molar-refractivity contribution in [3.05, 3.63) is 58.5 Å². The number of ether oxygens (including phenoxy) is 1. The molecule has 0 saturated carbocycles. The van der Waals surface area contributed by atoms with E-state index in [1.165, 1.54) is 0 Å². The summed E-state index contributed by atoms with van der Waals surface area (Å²) in [6, 6.07) is 9.76. The largest absolute Gasteiger partial charge is 0.466 e. The number of carbonyl (C=O) groups is 1. The summed E-state index contributed by atoms with van der Waals surface area (Å²) in [5, 5.41) is 2.91. The van der Waals surface area contributed by atoms with Crippen molar-refractivity contribution in [2.45, 2.75) is 26.9 Å². The Hall–Kier alpha value is -2.07. The minimum absolute atomic E-state index is 0.139. The van der Waals surface area contributed by atoms with E-state index in [9.17, 15) is 4.79 Å². The van der Waals surface area contributed by atoms with Crippen LogP contribution in [0.1, 0.15) is 39.1 Å². The highest BCUT2D eigenvalue weighted by Gasteiger charge is 2.17. The SMILES string of the molecule is COC(CNC(=O)c1cc(C)oc1C)c1ccccc1C. The number of methoxy groups -OCH3 is 1. The topological polar surface area (TPSA) is 51.5 Å². The lowest BCUT2D eigenvalue weighted by Crippen LogP contribution is -2.29. The van der Waals surface area contributed by atoms with Crippen molar-refractivity contribution >= 4 is 5.91 Å². The van der Waals surface area contributed by atoms with Crippen molar-refractivity contribution in [2.75, 3.05) is 13.7 Å². The third-order valence-corrected chi connectivity index (χ3v) is 3.55. The summed E-state index contributed by atoms with van der Waals surface area (Å²) in [5.41, 5.74) is 2.81. The molecule has 21 heavy (non-hydrogen) atoms. The van der Waals surface area contributed by atoms with E-state index in [0.29, 0.717) is 17.9 Å². The molecule has 1 unspecified atom stereocenters. The van der Waals surface area contributed by atoms with Crippen LogP contribution in [0.25, 0.3) is 0 Å². The summed E-state index contributed by atoms with van der Waals surface area (Å²) in [5.74, 6) is 1.23. The van der Waals surface area contributed by atoms with Gasteiger partial charge in [0.05, 0.1) is 11.7 Å². The van der Waals surface area contributed by atoms with E-state index >= 15 is 0 Å². The molecular formula is C17H21NO3. The second-order valence-corrected chi connectivity index (χ2v) is 5.12. The van der Waals surface area contributed by atoms with Crippen LogP contribution >= 0.6 is 0 Å². The molecule has 2 aromatic rings. The zero-order valence-electron chi connectivity index (χ0n) is 12.9. The maximum Gasteiger partial charge on any atom is 0.254 e. The molecule has 4 nitrogen and oxygen atoms in total. The molecule has 1 amide bonds. The molecule has 1 atom stereocenters. The average molecular weight is 287 g/mol. The van der Waals surface area contributed by atoms with E-state index in [4.69, 9.17) is 9.15 Å². The van der Waals surface area contributed by atoms with E-state index in [0.717, 1.165) is 16.9 Å². The Bertz CT molecular complexity index is 631. The van der Waals surface area contributed by atoms with Crippen LogP contribution in [-0.4, -0.2) is 19.6 Å². The van der Waals surface area contributed by atoms with E-state index < -0.39 is 0 Å². The number of nitrogens with one attached hydrogen (secondary N) is 1. The van der Waals surface area contributed by atoms with Crippen LogP contribution in [0.5, 0.6) is 0 Å². The van der Waals surface area contributed by atoms with Crippen molar-refractivity contribution in [3.8, 4) is 0 Å². The van der Waals surface area contributed by atoms with Gasteiger partial charge in [-0.25, -0.2) is 0 Å². The lowest BCUT2D eigenvalue weighted by Gasteiger charge is -2.18. The molecule has 0 bridgehead atoms. The maximum atomic E-state index is 12.2. The summed E-state index contributed by atoms with van der Waals surface area (Å²) >= 11 is 0. The van der Waals surface area contributed by atoms with Gasteiger partial charge in [0.15, 0.2) is 0 Å². The van der Waals surface area contributed by atoms with E-state index in [-0.39, 0.29) is 12.0 Å². The Balaban J connectivity index is 2.05. The summed E-state index contributed by atoms with van der Waals surface area (Å²) in [6.45, 7) is 6.07. The number of amides is 1. The zero-order valence-corrected chi connectivity index (χ0v) is 12.9. The molecule has 4 heteroatoms. The first kappa shape index (κ1) is 15.3. The first-order valence-corrected chi connectivity index (χ1v) is 6.96. The molecule has 0 saturated heterocycles. The molecule has 0 aliphatic rings. The molecular weight excluding hydrogens is 266 g/mol. The number of carbonyl (C=O) groups excluding carboxylic acids is 1. The Morgan fingerprint density at radius 1 is 1.29 bits per heavy atom. The van der Waals surface area contributed by atoms with Crippen LogP contribution in [-0.2, 0) is 4.74 Å². The van der Waals surface area contributed by atoms with Crippen molar-refractivity contribution in [1.29, 1.82) is 0 Å². The molecule has 1 heterocycles. The van der Waals surface area contributed by atoms with Crippen molar-refractivity contribution in [1.82, 2.24) is 5.32 Å². The fourth-order valence-corrected chi connectivity index (χ4v) is 2.41. The predicted molar refractivity (Wildman–Crippen MR) is 81.4 cm³/mol. The van der Waals surface area contributed by atoms with Gasteiger partial charge in [0.25, 0.3) is 5.91 Å².